The molecule has 1 heterocycles. The van der Waals surface area contributed by atoms with Crippen molar-refractivity contribution < 1.29 is 9.72 Å². The first-order chi connectivity index (χ1) is 10.0. The third-order valence-electron chi connectivity index (χ3n) is 2.79. The van der Waals surface area contributed by atoms with Crippen LogP contribution < -0.4 is 10.6 Å². The van der Waals surface area contributed by atoms with Gasteiger partial charge in [0.15, 0.2) is 0 Å². The first-order valence-corrected chi connectivity index (χ1v) is 7.61. The van der Waals surface area contributed by atoms with Gasteiger partial charge in [-0.25, -0.2) is 0 Å². The molecule has 110 valence electrons. The fraction of sp³-hybridized carbons (Fsp3) is 0.154. The molecule has 0 aliphatic carbocycles. The number of carbonyl (C=O) groups is 1. The van der Waals surface area contributed by atoms with Gasteiger partial charge in [0, 0.05) is 18.0 Å². The van der Waals surface area contributed by atoms with Crippen LogP contribution in [0.1, 0.15) is 15.2 Å². The molecule has 0 atom stereocenters. The molecular weight excluding hydrogens is 358 g/mol. The van der Waals surface area contributed by atoms with Crippen molar-refractivity contribution >= 4 is 44.5 Å². The molecule has 1 aromatic heterocycles. The number of nitro benzene ring substituents is 1. The van der Waals surface area contributed by atoms with Crippen molar-refractivity contribution in [2.45, 2.75) is 6.54 Å². The van der Waals surface area contributed by atoms with Crippen molar-refractivity contribution in [2.24, 2.45) is 0 Å². The standard InChI is InChI=1S/C13H12BrN3O3S/c1-15-12-9(3-2-4-10(12)17(19)20)13(18)16-7-8-5-6-11(14)21-8/h2-6,15H,7H2,1H3,(H,16,18). The average molecular weight is 370 g/mol. The summed E-state index contributed by atoms with van der Waals surface area (Å²) in [6.45, 7) is 0.376. The van der Waals surface area contributed by atoms with Crippen molar-refractivity contribution in [3.63, 3.8) is 0 Å². The lowest BCUT2D eigenvalue weighted by Crippen LogP contribution is -2.23. The lowest BCUT2D eigenvalue weighted by Gasteiger charge is -2.09. The van der Waals surface area contributed by atoms with Crippen molar-refractivity contribution in [3.8, 4) is 0 Å². The van der Waals surface area contributed by atoms with Gasteiger partial charge < -0.3 is 10.6 Å². The van der Waals surface area contributed by atoms with Crippen LogP contribution in [0.4, 0.5) is 11.4 Å². The zero-order valence-electron chi connectivity index (χ0n) is 11.1. The lowest BCUT2D eigenvalue weighted by atomic mass is 10.1. The number of benzene rings is 1. The second-order valence-electron chi connectivity index (χ2n) is 4.10. The van der Waals surface area contributed by atoms with Crippen LogP contribution in [0.3, 0.4) is 0 Å². The summed E-state index contributed by atoms with van der Waals surface area (Å²) in [7, 11) is 1.55. The van der Waals surface area contributed by atoms with Crippen LogP contribution in [0.15, 0.2) is 34.1 Å². The Morgan fingerprint density at radius 2 is 2.14 bits per heavy atom. The van der Waals surface area contributed by atoms with E-state index in [1.165, 1.54) is 23.5 Å². The summed E-state index contributed by atoms with van der Waals surface area (Å²) >= 11 is 4.87. The van der Waals surface area contributed by atoms with Gasteiger partial charge in [0.1, 0.15) is 5.69 Å². The Morgan fingerprint density at radius 3 is 2.71 bits per heavy atom. The Morgan fingerprint density at radius 1 is 1.38 bits per heavy atom. The van der Waals surface area contributed by atoms with E-state index in [2.05, 4.69) is 26.6 Å². The van der Waals surface area contributed by atoms with E-state index in [4.69, 9.17) is 0 Å². The minimum absolute atomic E-state index is 0.121. The number of nitrogens with one attached hydrogen (secondary N) is 2. The molecule has 0 saturated carbocycles. The number of anilines is 1. The summed E-state index contributed by atoms with van der Waals surface area (Å²) in [6, 6.07) is 8.22. The SMILES string of the molecule is CNc1c(C(=O)NCc2ccc(Br)s2)cccc1[N+](=O)[O-]. The van der Waals surface area contributed by atoms with Gasteiger partial charge in [0.05, 0.1) is 20.8 Å². The quantitative estimate of drug-likeness (QED) is 0.624. The van der Waals surface area contributed by atoms with Gasteiger partial charge in [-0.3, -0.25) is 14.9 Å². The molecule has 2 N–H and O–H groups in total. The minimum Gasteiger partial charge on any atom is -0.382 e. The number of carbonyl (C=O) groups excluding carboxylic acids is 1. The van der Waals surface area contributed by atoms with Gasteiger partial charge in [-0.1, -0.05) is 6.07 Å². The maximum absolute atomic E-state index is 12.2. The molecule has 0 saturated heterocycles. The number of rotatable bonds is 5. The molecule has 0 fully saturated rings. The zero-order chi connectivity index (χ0) is 15.4. The largest absolute Gasteiger partial charge is 0.382 e. The summed E-state index contributed by atoms with van der Waals surface area (Å²) in [5.41, 5.74) is 0.346. The molecule has 6 nitrogen and oxygen atoms in total. The number of amides is 1. The minimum atomic E-state index is -0.515. The van der Waals surface area contributed by atoms with E-state index in [1.807, 2.05) is 12.1 Å². The van der Waals surface area contributed by atoms with E-state index < -0.39 is 4.92 Å². The molecular formula is C13H12BrN3O3S. The van der Waals surface area contributed by atoms with Crippen LogP contribution in [0.25, 0.3) is 0 Å². The van der Waals surface area contributed by atoms with Gasteiger partial charge in [0.2, 0.25) is 0 Å². The van der Waals surface area contributed by atoms with Gasteiger partial charge >= 0.3 is 0 Å². The molecule has 2 rings (SSSR count). The number of nitrogens with zero attached hydrogens (tertiary/aromatic N) is 1. The smallest absolute Gasteiger partial charge is 0.293 e. The van der Waals surface area contributed by atoms with E-state index in [1.54, 1.807) is 13.1 Å². The lowest BCUT2D eigenvalue weighted by molar-refractivity contribution is -0.384. The Labute approximate surface area is 133 Å². The first-order valence-electron chi connectivity index (χ1n) is 6.00. The third kappa shape index (κ3) is 3.59. The molecule has 0 aliphatic heterocycles. The van der Waals surface area contributed by atoms with E-state index >= 15 is 0 Å². The predicted molar refractivity (Wildman–Crippen MR) is 85.8 cm³/mol. The molecule has 0 spiro atoms. The first kappa shape index (κ1) is 15.5. The molecule has 0 unspecified atom stereocenters. The number of para-hydroxylation sites is 1. The molecule has 21 heavy (non-hydrogen) atoms. The topological polar surface area (TPSA) is 84.3 Å². The van der Waals surface area contributed by atoms with Gasteiger partial charge in [-0.05, 0) is 34.1 Å². The van der Waals surface area contributed by atoms with Crippen molar-refractivity contribution in [3.05, 3.63) is 54.7 Å². The number of halogens is 1. The molecule has 0 aliphatic rings. The van der Waals surface area contributed by atoms with E-state index in [0.29, 0.717) is 6.54 Å². The Bertz CT molecular complexity index is 687. The predicted octanol–water partition coefficient (Wildman–Crippen LogP) is 3.39. The zero-order valence-corrected chi connectivity index (χ0v) is 13.5. The summed E-state index contributed by atoms with van der Waals surface area (Å²) in [6.07, 6.45) is 0. The van der Waals surface area contributed by atoms with E-state index in [0.717, 1.165) is 8.66 Å². The Balaban J connectivity index is 2.19. The summed E-state index contributed by atoms with van der Waals surface area (Å²) in [5.74, 6) is -0.354. The molecule has 8 heteroatoms. The summed E-state index contributed by atoms with van der Waals surface area (Å²) in [4.78, 5) is 23.6. The van der Waals surface area contributed by atoms with Crippen LogP contribution in [0.5, 0.6) is 0 Å². The van der Waals surface area contributed by atoms with Gasteiger partial charge in [-0.15, -0.1) is 11.3 Å². The molecule has 1 aromatic carbocycles. The van der Waals surface area contributed by atoms with Crippen molar-refractivity contribution in [2.75, 3.05) is 12.4 Å². The van der Waals surface area contributed by atoms with Gasteiger partial charge in [0.25, 0.3) is 11.6 Å². The number of thiophene rings is 1. The van der Waals surface area contributed by atoms with Crippen LogP contribution >= 0.6 is 27.3 Å². The van der Waals surface area contributed by atoms with Crippen LogP contribution in [-0.2, 0) is 6.54 Å². The Hall–Kier alpha value is -1.93. The second kappa shape index (κ2) is 6.68. The van der Waals surface area contributed by atoms with Crippen LogP contribution in [-0.4, -0.2) is 17.9 Å². The molecule has 0 bridgehead atoms. The highest BCUT2D eigenvalue weighted by molar-refractivity contribution is 9.11. The van der Waals surface area contributed by atoms with Crippen LogP contribution in [0.2, 0.25) is 0 Å². The fourth-order valence-corrected chi connectivity index (χ4v) is 3.28. The van der Waals surface area contributed by atoms with Crippen molar-refractivity contribution in [1.29, 1.82) is 0 Å². The van der Waals surface area contributed by atoms with E-state index in [9.17, 15) is 14.9 Å². The average Bonchev–Trinajstić information content (AvgIpc) is 2.89. The second-order valence-corrected chi connectivity index (χ2v) is 6.64. The molecule has 2 aromatic rings. The fourth-order valence-electron chi connectivity index (χ4n) is 1.85. The third-order valence-corrected chi connectivity index (χ3v) is 4.41. The van der Waals surface area contributed by atoms with E-state index in [-0.39, 0.29) is 22.8 Å². The molecule has 1 amide bonds. The Kier molecular flexibility index (Phi) is 4.92. The monoisotopic (exact) mass is 369 g/mol. The normalized spacial score (nSPS) is 10.2. The summed E-state index contributed by atoms with van der Waals surface area (Å²) < 4.78 is 0.984. The van der Waals surface area contributed by atoms with Crippen molar-refractivity contribution in [1.82, 2.24) is 5.32 Å². The molecule has 0 radical (unpaired) electrons. The highest BCUT2D eigenvalue weighted by Crippen LogP contribution is 2.28. The maximum atomic E-state index is 12.2. The van der Waals surface area contributed by atoms with Gasteiger partial charge in [-0.2, -0.15) is 0 Å². The summed E-state index contributed by atoms with van der Waals surface area (Å²) in [5, 5.41) is 16.4. The maximum Gasteiger partial charge on any atom is 0.293 e. The number of hydrogen-bond donors (Lipinski definition) is 2. The highest BCUT2D eigenvalue weighted by Gasteiger charge is 2.20. The highest BCUT2D eigenvalue weighted by atomic mass is 79.9. The van der Waals surface area contributed by atoms with Crippen LogP contribution in [0, 0.1) is 10.1 Å². The number of nitro groups is 1. The number of hydrogen-bond acceptors (Lipinski definition) is 5.